The van der Waals surface area contributed by atoms with E-state index in [2.05, 4.69) is 25.1 Å². The minimum Gasteiger partial charge on any atom is -0.395 e. The summed E-state index contributed by atoms with van der Waals surface area (Å²) < 4.78 is 35.6. The number of hydrogen-bond acceptors (Lipinski definition) is 6. The molecule has 1 fully saturated rings. The Kier molecular flexibility index (Phi) is 4.78. The van der Waals surface area contributed by atoms with Gasteiger partial charge in [-0.15, -0.1) is 20.5 Å². The molecular weight excluding hydrogens is 388 g/mol. The van der Waals surface area contributed by atoms with Gasteiger partial charge in [-0.1, -0.05) is 6.92 Å². The average molecular weight is 407 g/mol. The lowest BCUT2D eigenvalue weighted by Crippen LogP contribution is -2.25. The first-order valence-electron chi connectivity index (χ1n) is 8.96. The van der Waals surface area contributed by atoms with E-state index in [1.807, 2.05) is 13.0 Å². The summed E-state index contributed by atoms with van der Waals surface area (Å²) in [4.78, 5) is 18.1. The van der Waals surface area contributed by atoms with Gasteiger partial charge >= 0.3 is 6.29 Å². The molecule has 0 spiro atoms. The van der Waals surface area contributed by atoms with Crippen molar-refractivity contribution >= 4 is 29.0 Å². The third kappa shape index (κ3) is 3.71. The van der Waals surface area contributed by atoms with Crippen molar-refractivity contribution in [2.24, 2.45) is 0 Å². The molecule has 1 aliphatic heterocycles. The highest BCUT2D eigenvalue weighted by molar-refractivity contribution is 7.99. The quantitative estimate of drug-likeness (QED) is 0.677. The van der Waals surface area contributed by atoms with Crippen LogP contribution in [0.4, 0.5) is 20.2 Å². The van der Waals surface area contributed by atoms with Crippen LogP contribution in [0.5, 0.6) is 11.5 Å². The summed E-state index contributed by atoms with van der Waals surface area (Å²) in [5, 5.41) is 5.60. The fourth-order valence-electron chi connectivity index (χ4n) is 3.02. The molecule has 1 amide bonds. The van der Waals surface area contributed by atoms with E-state index < -0.39 is 12.2 Å². The Morgan fingerprint density at radius 1 is 1.25 bits per heavy atom. The van der Waals surface area contributed by atoms with Crippen molar-refractivity contribution in [3.8, 4) is 11.5 Å². The number of thioether (sulfide) groups is 1. The number of nitrogens with zero attached hydrogens (tertiary/aromatic N) is 1. The number of anilines is 2. The summed E-state index contributed by atoms with van der Waals surface area (Å²) in [5.74, 6) is 0.686. The Balaban J connectivity index is 1.62. The normalized spacial score (nSPS) is 16.7. The number of aromatic nitrogens is 1. The summed E-state index contributed by atoms with van der Waals surface area (Å²) in [6.07, 6.45) is 0.320. The van der Waals surface area contributed by atoms with Crippen molar-refractivity contribution in [3.05, 3.63) is 35.7 Å². The van der Waals surface area contributed by atoms with Gasteiger partial charge in [0.2, 0.25) is 0 Å². The number of carbonyl (C=O) groups excluding carboxylic acids is 1. The van der Waals surface area contributed by atoms with E-state index in [0.29, 0.717) is 23.0 Å². The first-order valence-corrected chi connectivity index (χ1v) is 9.94. The Labute approximate surface area is 165 Å². The number of benzene rings is 1. The molecule has 0 radical (unpaired) electrons. The predicted molar refractivity (Wildman–Crippen MR) is 103 cm³/mol. The third-order valence-corrected chi connectivity index (χ3v) is 5.41. The molecule has 1 aromatic carbocycles. The molecule has 148 valence electrons. The summed E-state index contributed by atoms with van der Waals surface area (Å²) in [6.45, 7) is 2.01. The molecule has 1 saturated carbocycles. The lowest BCUT2D eigenvalue weighted by Gasteiger charge is -2.13. The Hall–Kier alpha value is -2.55. The standard InChI is InChI=1S/C19H19F2N3O3S/c1-3-28-16-6-11(10-4-5-10)9-23-17(16)18(25)24-13-8-15-14(7-12(13)22-2)26-19(20,21)27-15/h6-10,22H,3-5H2,1-2H3,(H,24,25). The zero-order valence-electron chi connectivity index (χ0n) is 15.3. The van der Waals surface area contributed by atoms with Crippen LogP contribution in [0.2, 0.25) is 0 Å². The molecule has 2 N–H and O–H groups in total. The number of amides is 1. The van der Waals surface area contributed by atoms with Gasteiger partial charge in [-0.2, -0.15) is 0 Å². The van der Waals surface area contributed by atoms with Crippen LogP contribution in [0.25, 0.3) is 0 Å². The molecule has 28 heavy (non-hydrogen) atoms. The van der Waals surface area contributed by atoms with Crippen LogP contribution in [-0.2, 0) is 0 Å². The minimum atomic E-state index is -3.72. The number of hydrogen-bond donors (Lipinski definition) is 2. The zero-order valence-corrected chi connectivity index (χ0v) is 16.2. The first-order chi connectivity index (χ1) is 13.4. The Morgan fingerprint density at radius 2 is 1.93 bits per heavy atom. The summed E-state index contributed by atoms with van der Waals surface area (Å²) >= 11 is 1.55. The zero-order chi connectivity index (χ0) is 19.9. The minimum absolute atomic E-state index is 0.0958. The number of alkyl halides is 2. The number of halogens is 2. The van der Waals surface area contributed by atoms with Crippen molar-refractivity contribution < 1.29 is 23.0 Å². The van der Waals surface area contributed by atoms with E-state index in [4.69, 9.17) is 0 Å². The van der Waals surface area contributed by atoms with Gasteiger partial charge in [0.15, 0.2) is 11.5 Å². The second kappa shape index (κ2) is 7.12. The number of ether oxygens (including phenoxy) is 2. The molecule has 0 saturated heterocycles. The lowest BCUT2D eigenvalue weighted by atomic mass is 10.1. The van der Waals surface area contributed by atoms with Crippen LogP contribution >= 0.6 is 11.8 Å². The van der Waals surface area contributed by atoms with E-state index in [9.17, 15) is 13.6 Å². The molecule has 2 aliphatic rings. The van der Waals surface area contributed by atoms with Gasteiger partial charge in [0.05, 0.1) is 11.4 Å². The molecule has 2 heterocycles. The van der Waals surface area contributed by atoms with Crippen molar-refractivity contribution in [1.29, 1.82) is 0 Å². The molecule has 4 rings (SSSR count). The second-order valence-corrected chi connectivity index (χ2v) is 7.84. The highest BCUT2D eigenvalue weighted by Gasteiger charge is 2.44. The van der Waals surface area contributed by atoms with E-state index >= 15 is 0 Å². The van der Waals surface area contributed by atoms with E-state index in [-0.39, 0.29) is 11.5 Å². The van der Waals surface area contributed by atoms with Crippen molar-refractivity contribution in [1.82, 2.24) is 4.98 Å². The Bertz CT molecular complexity index is 935. The largest absolute Gasteiger partial charge is 0.586 e. The van der Waals surface area contributed by atoms with Crippen LogP contribution in [0.1, 0.15) is 41.7 Å². The van der Waals surface area contributed by atoms with Crippen molar-refractivity contribution in [2.45, 2.75) is 36.9 Å². The molecule has 9 heteroatoms. The monoisotopic (exact) mass is 407 g/mol. The molecule has 1 aromatic heterocycles. The fraction of sp³-hybridized carbons (Fsp3) is 0.368. The molecule has 2 aromatic rings. The van der Waals surface area contributed by atoms with Gasteiger partial charge in [-0.05, 0) is 36.1 Å². The first kappa shape index (κ1) is 18.8. The van der Waals surface area contributed by atoms with Gasteiger partial charge < -0.3 is 20.1 Å². The van der Waals surface area contributed by atoms with Crippen LogP contribution in [-0.4, -0.2) is 30.0 Å². The number of nitrogens with one attached hydrogen (secondary N) is 2. The maximum atomic E-state index is 13.3. The highest BCUT2D eigenvalue weighted by Crippen LogP contribution is 2.45. The smallest absolute Gasteiger partial charge is 0.395 e. The number of fused-ring (bicyclic) bond motifs is 1. The lowest BCUT2D eigenvalue weighted by molar-refractivity contribution is -0.286. The summed E-state index contributed by atoms with van der Waals surface area (Å²) in [6, 6.07) is 4.69. The molecular formula is C19H19F2N3O3S. The highest BCUT2D eigenvalue weighted by atomic mass is 32.2. The van der Waals surface area contributed by atoms with Crippen LogP contribution < -0.4 is 20.1 Å². The Morgan fingerprint density at radius 3 is 2.54 bits per heavy atom. The predicted octanol–water partition coefficient (Wildman–Crippen LogP) is 4.69. The van der Waals surface area contributed by atoms with E-state index in [0.717, 1.165) is 29.1 Å². The van der Waals surface area contributed by atoms with Crippen LogP contribution in [0.15, 0.2) is 29.3 Å². The fourth-order valence-corrected chi connectivity index (χ4v) is 3.84. The van der Waals surface area contributed by atoms with Crippen LogP contribution in [0, 0.1) is 0 Å². The third-order valence-electron chi connectivity index (χ3n) is 4.50. The topological polar surface area (TPSA) is 72.5 Å². The summed E-state index contributed by atoms with van der Waals surface area (Å²) in [7, 11) is 1.62. The number of rotatable bonds is 6. The molecule has 0 bridgehead atoms. The van der Waals surface area contributed by atoms with Crippen molar-refractivity contribution in [2.75, 3.05) is 23.4 Å². The van der Waals surface area contributed by atoms with E-state index in [1.54, 1.807) is 25.0 Å². The molecule has 1 aliphatic carbocycles. The molecule has 6 nitrogen and oxygen atoms in total. The molecule has 0 unspecified atom stereocenters. The van der Waals surface area contributed by atoms with Gasteiger partial charge in [-0.3, -0.25) is 4.79 Å². The van der Waals surface area contributed by atoms with Gasteiger partial charge in [0.1, 0.15) is 5.69 Å². The maximum absolute atomic E-state index is 13.3. The second-order valence-electron chi connectivity index (χ2n) is 6.54. The van der Waals surface area contributed by atoms with E-state index in [1.165, 1.54) is 12.1 Å². The number of pyridine rings is 1. The summed E-state index contributed by atoms with van der Waals surface area (Å²) in [5.41, 5.74) is 2.18. The number of carbonyl (C=O) groups is 1. The van der Waals surface area contributed by atoms with Gasteiger partial charge in [0.25, 0.3) is 5.91 Å². The molecule has 0 atom stereocenters. The van der Waals surface area contributed by atoms with Gasteiger partial charge in [0, 0.05) is 30.3 Å². The average Bonchev–Trinajstić information content (AvgIpc) is 3.44. The van der Waals surface area contributed by atoms with Gasteiger partial charge in [-0.25, -0.2) is 4.98 Å². The van der Waals surface area contributed by atoms with Crippen LogP contribution in [0.3, 0.4) is 0 Å². The van der Waals surface area contributed by atoms with Crippen molar-refractivity contribution in [3.63, 3.8) is 0 Å². The maximum Gasteiger partial charge on any atom is 0.586 e. The SMILES string of the molecule is CCSc1cc(C2CC2)cnc1C(=O)Nc1cc2c(cc1NC)OC(F)(F)O2.